The Kier molecular flexibility index (Phi) is 3.29. The quantitative estimate of drug-likeness (QED) is 0.878. The fourth-order valence-corrected chi connectivity index (χ4v) is 2.22. The van der Waals surface area contributed by atoms with E-state index in [0.717, 1.165) is 22.5 Å². The minimum atomic E-state index is -0.489. The molecule has 0 aliphatic rings. The van der Waals surface area contributed by atoms with Crippen LogP contribution in [0.4, 0.5) is 0 Å². The zero-order valence-corrected chi connectivity index (χ0v) is 10.5. The van der Waals surface area contributed by atoms with E-state index in [1.165, 1.54) is 0 Å². The van der Waals surface area contributed by atoms with Crippen LogP contribution in [0.2, 0.25) is 0 Å². The molecule has 3 nitrogen and oxygen atoms in total. The van der Waals surface area contributed by atoms with E-state index in [9.17, 15) is 5.11 Å². The van der Waals surface area contributed by atoms with Crippen LogP contribution >= 0.6 is 0 Å². The summed E-state index contributed by atoms with van der Waals surface area (Å²) in [5.74, 6) is 0.903. The first-order valence-electron chi connectivity index (χ1n) is 5.80. The van der Waals surface area contributed by atoms with E-state index >= 15 is 0 Å². The first kappa shape index (κ1) is 11.9. The van der Waals surface area contributed by atoms with Gasteiger partial charge in [-0.15, -0.1) is 0 Å². The fraction of sp³-hybridized carbons (Fsp3) is 0.357. The Morgan fingerprint density at radius 3 is 2.47 bits per heavy atom. The second kappa shape index (κ2) is 4.72. The van der Waals surface area contributed by atoms with Crippen molar-refractivity contribution in [1.29, 1.82) is 0 Å². The Hall–Kier alpha value is -1.61. The third-order valence-electron chi connectivity index (χ3n) is 3.17. The average Bonchev–Trinajstić information content (AvgIpc) is 2.64. The molecular formula is C14H18N2O. The molecule has 0 aliphatic carbocycles. The van der Waals surface area contributed by atoms with Crippen LogP contribution in [0.3, 0.4) is 0 Å². The van der Waals surface area contributed by atoms with E-state index in [-0.39, 0.29) is 0 Å². The predicted octanol–water partition coefficient (Wildman–Crippen LogP) is 2.31. The fourth-order valence-electron chi connectivity index (χ4n) is 2.22. The summed E-state index contributed by atoms with van der Waals surface area (Å²) in [5, 5.41) is 10.3. The zero-order valence-electron chi connectivity index (χ0n) is 10.5. The van der Waals surface area contributed by atoms with Crippen molar-refractivity contribution >= 4 is 0 Å². The summed E-state index contributed by atoms with van der Waals surface area (Å²) >= 11 is 0. The van der Waals surface area contributed by atoms with Crippen LogP contribution in [0.25, 0.3) is 0 Å². The number of rotatable bonds is 3. The highest BCUT2D eigenvalue weighted by molar-refractivity contribution is 5.35. The van der Waals surface area contributed by atoms with Crippen molar-refractivity contribution in [2.45, 2.75) is 26.4 Å². The molecule has 90 valence electrons. The average molecular weight is 230 g/mol. The van der Waals surface area contributed by atoms with Gasteiger partial charge in [-0.25, -0.2) is 4.98 Å². The van der Waals surface area contributed by atoms with Gasteiger partial charge in [0.05, 0.1) is 6.10 Å². The van der Waals surface area contributed by atoms with Gasteiger partial charge in [0.15, 0.2) is 0 Å². The van der Waals surface area contributed by atoms with Crippen molar-refractivity contribution in [2.24, 2.45) is 7.05 Å². The van der Waals surface area contributed by atoms with Crippen LogP contribution in [-0.4, -0.2) is 14.7 Å². The van der Waals surface area contributed by atoms with E-state index in [4.69, 9.17) is 0 Å². The van der Waals surface area contributed by atoms with Gasteiger partial charge in [0, 0.05) is 25.9 Å². The van der Waals surface area contributed by atoms with Crippen molar-refractivity contribution in [3.8, 4) is 0 Å². The third kappa shape index (κ3) is 2.39. The van der Waals surface area contributed by atoms with Crippen LogP contribution in [-0.2, 0) is 13.5 Å². The van der Waals surface area contributed by atoms with Gasteiger partial charge in [0.2, 0.25) is 0 Å². The van der Waals surface area contributed by atoms with Crippen LogP contribution in [0.5, 0.6) is 0 Å². The molecule has 0 saturated carbocycles. The molecule has 0 fully saturated rings. The lowest BCUT2D eigenvalue weighted by Crippen LogP contribution is -2.09. The maximum atomic E-state index is 10.3. The summed E-state index contributed by atoms with van der Waals surface area (Å²) in [4.78, 5) is 4.24. The van der Waals surface area contributed by atoms with Gasteiger partial charge < -0.3 is 9.67 Å². The first-order chi connectivity index (χ1) is 8.09. The lowest BCUT2D eigenvalue weighted by molar-refractivity contribution is 0.173. The molecule has 0 spiro atoms. The van der Waals surface area contributed by atoms with Gasteiger partial charge in [-0.3, -0.25) is 0 Å². The van der Waals surface area contributed by atoms with Crippen molar-refractivity contribution in [1.82, 2.24) is 9.55 Å². The molecule has 0 amide bonds. The summed E-state index contributed by atoms with van der Waals surface area (Å²) in [7, 11) is 1.94. The molecule has 2 aromatic rings. The topological polar surface area (TPSA) is 38.1 Å². The highest BCUT2D eigenvalue weighted by Gasteiger charge is 2.15. The second-order valence-electron chi connectivity index (χ2n) is 4.48. The molecule has 2 rings (SSSR count). The van der Waals surface area contributed by atoms with Crippen molar-refractivity contribution in [3.05, 3.63) is 53.1 Å². The summed E-state index contributed by atoms with van der Waals surface area (Å²) in [6, 6.07) is 6.08. The molecule has 1 unspecified atom stereocenters. The van der Waals surface area contributed by atoms with Crippen molar-refractivity contribution in [2.75, 3.05) is 0 Å². The van der Waals surface area contributed by atoms with E-state index in [0.29, 0.717) is 6.42 Å². The molecule has 1 N–H and O–H groups in total. The molecule has 3 heteroatoms. The Balaban J connectivity index is 2.26. The van der Waals surface area contributed by atoms with E-state index < -0.39 is 6.10 Å². The Morgan fingerprint density at radius 1 is 1.29 bits per heavy atom. The van der Waals surface area contributed by atoms with Gasteiger partial charge in [0.1, 0.15) is 5.82 Å². The molecular weight excluding hydrogens is 212 g/mol. The molecule has 0 radical (unpaired) electrons. The minimum Gasteiger partial charge on any atom is -0.388 e. The lowest BCUT2D eigenvalue weighted by atomic mass is 9.96. The number of aliphatic hydroxyl groups is 1. The van der Waals surface area contributed by atoms with Gasteiger partial charge in [0.25, 0.3) is 0 Å². The van der Waals surface area contributed by atoms with Crippen molar-refractivity contribution < 1.29 is 5.11 Å². The number of nitrogens with zero attached hydrogens (tertiary/aromatic N) is 2. The Bertz CT molecular complexity index is 496. The van der Waals surface area contributed by atoms with Crippen LogP contribution < -0.4 is 0 Å². The molecule has 1 aromatic heterocycles. The van der Waals surface area contributed by atoms with Crippen LogP contribution in [0.15, 0.2) is 30.6 Å². The molecule has 0 bridgehead atoms. The predicted molar refractivity (Wildman–Crippen MR) is 67.8 cm³/mol. The number of aliphatic hydroxyl groups excluding tert-OH is 1. The molecule has 1 atom stereocenters. The lowest BCUT2D eigenvalue weighted by Gasteiger charge is -2.16. The molecule has 1 heterocycles. The summed E-state index contributed by atoms with van der Waals surface area (Å²) in [6.45, 7) is 4.06. The normalized spacial score (nSPS) is 12.7. The minimum absolute atomic E-state index is 0.489. The van der Waals surface area contributed by atoms with E-state index in [2.05, 4.69) is 4.98 Å². The van der Waals surface area contributed by atoms with Gasteiger partial charge in [-0.2, -0.15) is 0 Å². The highest BCUT2D eigenvalue weighted by atomic mass is 16.3. The van der Waals surface area contributed by atoms with Crippen LogP contribution in [0.1, 0.15) is 28.6 Å². The smallest absolute Gasteiger partial charge is 0.111 e. The maximum Gasteiger partial charge on any atom is 0.111 e. The van der Waals surface area contributed by atoms with Gasteiger partial charge in [-0.1, -0.05) is 18.2 Å². The largest absolute Gasteiger partial charge is 0.388 e. The number of aryl methyl sites for hydroxylation is 3. The third-order valence-corrected chi connectivity index (χ3v) is 3.17. The number of imidazole rings is 1. The standard InChI is InChI=1S/C14H18N2O/c1-10-5-4-6-11(2)14(10)12(17)9-13-15-7-8-16(13)3/h4-8,12,17H,9H2,1-3H3. The van der Waals surface area contributed by atoms with Crippen LogP contribution in [0, 0.1) is 13.8 Å². The number of benzene rings is 1. The molecule has 0 aliphatic heterocycles. The molecule has 17 heavy (non-hydrogen) atoms. The Morgan fingerprint density at radius 2 is 1.94 bits per heavy atom. The van der Waals surface area contributed by atoms with Gasteiger partial charge >= 0.3 is 0 Å². The maximum absolute atomic E-state index is 10.3. The van der Waals surface area contributed by atoms with Gasteiger partial charge in [-0.05, 0) is 30.5 Å². The number of aromatic nitrogens is 2. The number of hydrogen-bond donors (Lipinski definition) is 1. The van der Waals surface area contributed by atoms with E-state index in [1.807, 2.05) is 49.9 Å². The second-order valence-corrected chi connectivity index (χ2v) is 4.48. The molecule has 0 saturated heterocycles. The summed E-state index contributed by atoms with van der Waals surface area (Å²) in [5.41, 5.74) is 3.29. The SMILES string of the molecule is Cc1cccc(C)c1C(O)Cc1nccn1C. The number of hydrogen-bond acceptors (Lipinski definition) is 2. The monoisotopic (exact) mass is 230 g/mol. The summed E-state index contributed by atoms with van der Waals surface area (Å²) in [6.07, 6.45) is 3.71. The molecule has 1 aromatic carbocycles. The first-order valence-corrected chi connectivity index (χ1v) is 5.80. The zero-order chi connectivity index (χ0) is 12.4. The van der Waals surface area contributed by atoms with E-state index in [1.54, 1.807) is 6.20 Å². The summed E-state index contributed by atoms with van der Waals surface area (Å²) < 4.78 is 1.94. The highest BCUT2D eigenvalue weighted by Crippen LogP contribution is 2.24. The Labute approximate surface area is 102 Å². The van der Waals surface area contributed by atoms with Crippen molar-refractivity contribution in [3.63, 3.8) is 0 Å².